The molecule has 46 heavy (non-hydrogen) atoms. The zero-order valence-corrected chi connectivity index (χ0v) is 29.3. The highest BCUT2D eigenvalue weighted by Gasteiger charge is 2.42. The lowest BCUT2D eigenvalue weighted by atomic mass is 9.85. The Balaban J connectivity index is 1.33. The summed E-state index contributed by atoms with van der Waals surface area (Å²) < 4.78 is 5.47. The number of hydrogen-bond acceptors (Lipinski definition) is 8. The normalized spacial score (nSPS) is 19.0. The summed E-state index contributed by atoms with van der Waals surface area (Å²) in [7, 11) is 0. The minimum absolute atomic E-state index is 0.116. The van der Waals surface area contributed by atoms with Gasteiger partial charge in [0.1, 0.15) is 17.7 Å². The standard InChI is InChI=1S/C34H50N6O5S/c1-22(24-11-13-25(14-12-24)28-23(2)35-21-46-28)36-30(42)26-10-9-15-40(26)31(43)29(33(3,4)5)37-27(41)20-38-16-18-39(19-17-38)32(44)45-34(6,7)8/h11-14,21-22,26,29H,9-10,15-20H2,1-8H3,(H,36,42)(H,37,41)/t22-,26-,29+/m0/s1. The van der Waals surface area contributed by atoms with E-state index < -0.39 is 23.1 Å². The predicted octanol–water partition coefficient (Wildman–Crippen LogP) is 4.37. The van der Waals surface area contributed by atoms with Crippen LogP contribution in [-0.2, 0) is 19.1 Å². The average Bonchev–Trinajstić information content (AvgIpc) is 3.64. The molecular weight excluding hydrogens is 604 g/mol. The molecule has 2 fully saturated rings. The number of amides is 4. The summed E-state index contributed by atoms with van der Waals surface area (Å²) in [6, 6.07) is 6.48. The number of ether oxygens (including phenoxy) is 1. The molecule has 0 bridgehead atoms. The Labute approximate surface area is 277 Å². The minimum atomic E-state index is -0.795. The molecule has 1 aromatic carbocycles. The van der Waals surface area contributed by atoms with Gasteiger partial charge in [-0.1, -0.05) is 45.0 Å². The smallest absolute Gasteiger partial charge is 0.410 e. The highest BCUT2D eigenvalue weighted by atomic mass is 32.1. The molecule has 0 saturated carbocycles. The molecule has 2 N–H and O–H groups in total. The third-order valence-electron chi connectivity index (χ3n) is 8.43. The topological polar surface area (TPSA) is 124 Å². The van der Waals surface area contributed by atoms with Gasteiger partial charge in [0.2, 0.25) is 17.7 Å². The van der Waals surface area contributed by atoms with E-state index in [1.165, 1.54) is 0 Å². The molecular formula is C34H50N6O5S. The fourth-order valence-electron chi connectivity index (χ4n) is 5.84. The first-order valence-corrected chi connectivity index (χ1v) is 17.0. The second-order valence-corrected chi connectivity index (χ2v) is 15.3. The van der Waals surface area contributed by atoms with Crippen molar-refractivity contribution in [2.45, 2.75) is 92.0 Å². The van der Waals surface area contributed by atoms with Crippen molar-refractivity contribution in [1.82, 2.24) is 30.3 Å². The Hall–Kier alpha value is -3.51. The maximum absolute atomic E-state index is 14.0. The fraction of sp³-hybridized carbons (Fsp3) is 0.618. The van der Waals surface area contributed by atoms with Crippen LogP contribution < -0.4 is 10.6 Å². The molecule has 2 aliphatic heterocycles. The molecule has 2 aromatic rings. The van der Waals surface area contributed by atoms with Gasteiger partial charge in [0.25, 0.3) is 0 Å². The third-order valence-corrected chi connectivity index (χ3v) is 9.40. The van der Waals surface area contributed by atoms with Gasteiger partial charge in [-0.2, -0.15) is 0 Å². The van der Waals surface area contributed by atoms with Crippen molar-refractivity contribution < 1.29 is 23.9 Å². The van der Waals surface area contributed by atoms with Crippen LogP contribution in [0.1, 0.15) is 78.6 Å². The van der Waals surface area contributed by atoms with Crippen molar-refractivity contribution >= 4 is 35.2 Å². The number of aryl methyl sites for hydroxylation is 1. The molecule has 11 nitrogen and oxygen atoms in total. The van der Waals surface area contributed by atoms with Gasteiger partial charge in [-0.05, 0) is 64.0 Å². The number of benzene rings is 1. The van der Waals surface area contributed by atoms with Crippen LogP contribution in [0.4, 0.5) is 4.79 Å². The Morgan fingerprint density at radius 1 is 0.978 bits per heavy atom. The number of nitrogens with one attached hydrogen (secondary N) is 2. The molecule has 2 saturated heterocycles. The lowest BCUT2D eigenvalue weighted by molar-refractivity contribution is -0.144. The highest BCUT2D eigenvalue weighted by Crippen LogP contribution is 2.29. The van der Waals surface area contributed by atoms with E-state index in [-0.39, 0.29) is 36.4 Å². The van der Waals surface area contributed by atoms with Gasteiger partial charge in [0.05, 0.1) is 28.7 Å². The van der Waals surface area contributed by atoms with Crippen LogP contribution in [0.5, 0.6) is 0 Å². The van der Waals surface area contributed by atoms with Crippen LogP contribution in [0, 0.1) is 12.3 Å². The van der Waals surface area contributed by atoms with E-state index >= 15 is 0 Å². The van der Waals surface area contributed by atoms with Gasteiger partial charge in [0, 0.05) is 32.7 Å². The number of carbonyl (C=O) groups is 4. The van der Waals surface area contributed by atoms with E-state index in [0.717, 1.165) is 21.7 Å². The second-order valence-electron chi connectivity index (χ2n) is 14.4. The van der Waals surface area contributed by atoms with Gasteiger partial charge in [-0.3, -0.25) is 19.3 Å². The number of likely N-dealkylation sites (tertiary alicyclic amines) is 1. The van der Waals surface area contributed by atoms with Crippen LogP contribution in [0.2, 0.25) is 0 Å². The molecule has 252 valence electrons. The molecule has 1 aromatic heterocycles. The van der Waals surface area contributed by atoms with Crippen molar-refractivity contribution in [3.63, 3.8) is 0 Å². The van der Waals surface area contributed by atoms with E-state index in [9.17, 15) is 19.2 Å². The van der Waals surface area contributed by atoms with Gasteiger partial charge < -0.3 is 25.2 Å². The first-order chi connectivity index (χ1) is 21.5. The van der Waals surface area contributed by atoms with Crippen molar-refractivity contribution in [2.75, 3.05) is 39.3 Å². The van der Waals surface area contributed by atoms with E-state index in [0.29, 0.717) is 45.6 Å². The Morgan fingerprint density at radius 2 is 1.63 bits per heavy atom. The Bertz CT molecular complexity index is 1390. The number of rotatable bonds is 8. The fourth-order valence-corrected chi connectivity index (χ4v) is 6.65. The number of hydrogen-bond donors (Lipinski definition) is 2. The van der Waals surface area contributed by atoms with Crippen molar-refractivity contribution in [3.05, 3.63) is 41.0 Å². The van der Waals surface area contributed by atoms with Gasteiger partial charge >= 0.3 is 6.09 Å². The molecule has 4 rings (SSSR count). The summed E-state index contributed by atoms with van der Waals surface area (Å²) in [4.78, 5) is 63.8. The molecule has 4 amide bonds. The first-order valence-electron chi connectivity index (χ1n) is 16.1. The zero-order chi connectivity index (χ0) is 33.8. The number of carbonyl (C=O) groups excluding carboxylic acids is 4. The molecule has 3 atom stereocenters. The summed E-state index contributed by atoms with van der Waals surface area (Å²) in [6.45, 7) is 17.7. The van der Waals surface area contributed by atoms with E-state index in [2.05, 4.69) is 15.6 Å². The summed E-state index contributed by atoms with van der Waals surface area (Å²) in [5.41, 5.74) is 3.76. The predicted molar refractivity (Wildman–Crippen MR) is 179 cm³/mol. The van der Waals surface area contributed by atoms with Gasteiger partial charge in [-0.15, -0.1) is 11.3 Å². The first kappa shape index (κ1) is 35.3. The molecule has 3 heterocycles. The minimum Gasteiger partial charge on any atom is -0.444 e. The van der Waals surface area contributed by atoms with Crippen LogP contribution in [0.25, 0.3) is 10.4 Å². The van der Waals surface area contributed by atoms with Crippen LogP contribution in [0.15, 0.2) is 29.8 Å². The summed E-state index contributed by atoms with van der Waals surface area (Å²) in [5.74, 6) is -0.697. The quantitative estimate of drug-likeness (QED) is 0.433. The highest BCUT2D eigenvalue weighted by molar-refractivity contribution is 7.13. The summed E-state index contributed by atoms with van der Waals surface area (Å²) in [6.07, 6.45) is 0.933. The van der Waals surface area contributed by atoms with Crippen molar-refractivity contribution in [2.24, 2.45) is 5.41 Å². The Kier molecular flexibility index (Phi) is 11.1. The van der Waals surface area contributed by atoms with Crippen LogP contribution in [-0.4, -0.2) is 100 Å². The monoisotopic (exact) mass is 654 g/mol. The number of thiazole rings is 1. The molecule has 2 aliphatic rings. The third kappa shape index (κ3) is 9.06. The Morgan fingerprint density at radius 3 is 2.20 bits per heavy atom. The average molecular weight is 655 g/mol. The van der Waals surface area contributed by atoms with E-state index in [1.807, 2.05) is 90.1 Å². The number of piperazine rings is 1. The van der Waals surface area contributed by atoms with Crippen LogP contribution in [0.3, 0.4) is 0 Å². The lowest BCUT2D eigenvalue weighted by Gasteiger charge is -2.37. The van der Waals surface area contributed by atoms with E-state index in [4.69, 9.17) is 4.74 Å². The summed E-state index contributed by atoms with van der Waals surface area (Å²) in [5, 5.41) is 6.09. The SMILES string of the molecule is Cc1ncsc1-c1ccc([C@H](C)NC(=O)[C@@H]2CCCN2C(=O)[C@@H](NC(=O)CN2CCN(C(=O)OC(C)(C)C)CC2)C(C)(C)C)cc1. The summed E-state index contributed by atoms with van der Waals surface area (Å²) >= 11 is 1.60. The van der Waals surface area contributed by atoms with Crippen LogP contribution >= 0.6 is 11.3 Å². The second kappa shape index (κ2) is 14.5. The molecule has 12 heteroatoms. The largest absolute Gasteiger partial charge is 0.444 e. The van der Waals surface area contributed by atoms with Gasteiger partial charge in [-0.25, -0.2) is 9.78 Å². The zero-order valence-electron chi connectivity index (χ0n) is 28.5. The number of nitrogens with zero attached hydrogens (tertiary/aromatic N) is 4. The maximum Gasteiger partial charge on any atom is 0.410 e. The molecule has 0 radical (unpaired) electrons. The van der Waals surface area contributed by atoms with Crippen molar-refractivity contribution in [3.8, 4) is 10.4 Å². The maximum atomic E-state index is 14.0. The number of aromatic nitrogens is 1. The molecule has 0 spiro atoms. The van der Waals surface area contributed by atoms with E-state index in [1.54, 1.807) is 21.1 Å². The van der Waals surface area contributed by atoms with Crippen molar-refractivity contribution in [1.29, 1.82) is 0 Å². The van der Waals surface area contributed by atoms with Gasteiger partial charge in [0.15, 0.2) is 0 Å². The molecule has 0 unspecified atom stereocenters. The lowest BCUT2D eigenvalue weighted by Crippen LogP contribution is -2.59. The molecule has 0 aliphatic carbocycles.